The zero-order chi connectivity index (χ0) is 6.95. The molecule has 0 aromatic heterocycles. The van der Waals surface area contributed by atoms with Crippen molar-refractivity contribution in [2.45, 2.75) is 0 Å². The summed E-state index contributed by atoms with van der Waals surface area (Å²) in [5.41, 5.74) is 0. The predicted octanol–water partition coefficient (Wildman–Crippen LogP) is 3.15. The van der Waals surface area contributed by atoms with E-state index in [4.69, 9.17) is 9.13 Å². The number of rotatable bonds is 0. The summed E-state index contributed by atoms with van der Waals surface area (Å²) in [6, 6.07) is 12.0. The van der Waals surface area contributed by atoms with Crippen LogP contribution in [0, 0.1) is 0 Å². The fourth-order valence-electron chi connectivity index (χ4n) is 0.385. The van der Waals surface area contributed by atoms with Crippen molar-refractivity contribution >= 4 is 33.2 Å². The second-order valence-electron chi connectivity index (χ2n) is 1.23. The molecule has 0 amide bonds. The van der Waals surface area contributed by atoms with E-state index >= 15 is 0 Å². The van der Waals surface area contributed by atoms with Gasteiger partial charge in [0.2, 0.25) is 0 Å². The Labute approximate surface area is 79.1 Å². The number of halogens is 2. The van der Waals surface area contributed by atoms with Crippen LogP contribution in [0.3, 0.4) is 0 Å². The fraction of sp³-hybridized carbons (Fsp3) is 0. The molecule has 0 saturated carbocycles. The molecule has 0 aliphatic heterocycles. The predicted molar refractivity (Wildman–Crippen MR) is 49.2 cm³/mol. The maximum atomic E-state index is 8.35. The maximum Gasteiger partial charge on any atom is -0.0623 e. The van der Waals surface area contributed by atoms with Crippen molar-refractivity contribution in [1.29, 1.82) is 0 Å². The Bertz CT molecular complexity index is 148. The zero-order valence-electron chi connectivity index (χ0n) is 5.54. The Kier molecular flexibility index (Phi) is 25.5. The van der Waals surface area contributed by atoms with Crippen LogP contribution >= 0.6 is 33.2 Å². The van der Waals surface area contributed by atoms with E-state index in [1.807, 2.05) is 36.4 Å². The number of hydrogen-bond acceptors (Lipinski definition) is 2. The van der Waals surface area contributed by atoms with Gasteiger partial charge in [-0.3, -0.25) is 0 Å². The molecule has 0 radical (unpaired) electrons. The Morgan fingerprint density at radius 3 is 0.818 bits per heavy atom. The zero-order valence-corrected chi connectivity index (χ0v) is 8.07. The van der Waals surface area contributed by atoms with E-state index in [1.54, 1.807) is 0 Å². The molecule has 11 heavy (non-hydrogen) atoms. The average Bonchev–Trinajstić information content (AvgIpc) is 1.93. The molecule has 0 spiro atoms. The number of benzene rings is 1. The quantitative estimate of drug-likeness (QED) is 0.621. The third-order valence-corrected chi connectivity index (χ3v) is 0.667. The van der Waals surface area contributed by atoms with Crippen LogP contribution in [0.5, 0.6) is 0 Å². The normalized spacial score (nSPS) is 5.09. The molecule has 0 heterocycles. The Morgan fingerprint density at radius 2 is 0.727 bits per heavy atom. The summed E-state index contributed by atoms with van der Waals surface area (Å²) in [7, 11) is -1.08. The molecular formula is C6H8Cl2O2P+. The van der Waals surface area contributed by atoms with Gasteiger partial charge in [-0.25, -0.2) is 0 Å². The van der Waals surface area contributed by atoms with Crippen molar-refractivity contribution in [1.82, 2.24) is 0 Å². The molecule has 0 N–H and O–H groups in total. The van der Waals surface area contributed by atoms with E-state index in [0.29, 0.717) is 0 Å². The Balaban J connectivity index is -0.000000116. The maximum absolute atomic E-state index is 8.35. The molecule has 1 aromatic rings. The van der Waals surface area contributed by atoms with Gasteiger partial charge < -0.3 is 0 Å². The van der Waals surface area contributed by atoms with Crippen molar-refractivity contribution in [2.75, 3.05) is 0 Å². The van der Waals surface area contributed by atoms with Gasteiger partial charge in [-0.2, -0.15) is 0 Å². The second kappa shape index (κ2) is 16.4. The van der Waals surface area contributed by atoms with Crippen LogP contribution in [0.4, 0.5) is 0 Å². The molecule has 0 unspecified atom stereocenters. The average molecular weight is 214 g/mol. The minimum absolute atomic E-state index is 0. The van der Waals surface area contributed by atoms with Crippen LogP contribution in [0.25, 0.3) is 0 Å². The van der Waals surface area contributed by atoms with Crippen molar-refractivity contribution in [2.24, 2.45) is 0 Å². The summed E-state index contributed by atoms with van der Waals surface area (Å²) in [6.07, 6.45) is 0. The van der Waals surface area contributed by atoms with Gasteiger partial charge in [-0.05, 0) is 0 Å². The molecule has 0 aliphatic rings. The van der Waals surface area contributed by atoms with Crippen molar-refractivity contribution in [3.63, 3.8) is 0 Å². The summed E-state index contributed by atoms with van der Waals surface area (Å²) in [6.45, 7) is 0. The van der Waals surface area contributed by atoms with Crippen LogP contribution in [0.2, 0.25) is 0 Å². The van der Waals surface area contributed by atoms with E-state index in [1.165, 1.54) is 0 Å². The van der Waals surface area contributed by atoms with Gasteiger partial charge in [-0.15, -0.1) is 24.8 Å². The first-order valence-electron chi connectivity index (χ1n) is 2.37. The van der Waals surface area contributed by atoms with Crippen LogP contribution in [-0.4, -0.2) is 0 Å². The Hall–Kier alpha value is -0.170. The van der Waals surface area contributed by atoms with E-state index in [2.05, 4.69) is 0 Å². The third kappa shape index (κ3) is 17.7. The van der Waals surface area contributed by atoms with Crippen LogP contribution in [0.1, 0.15) is 0 Å². The first kappa shape index (κ1) is 17.1. The monoisotopic (exact) mass is 213 g/mol. The summed E-state index contributed by atoms with van der Waals surface area (Å²) in [5.74, 6) is 0. The van der Waals surface area contributed by atoms with E-state index < -0.39 is 8.34 Å². The van der Waals surface area contributed by atoms with E-state index in [-0.39, 0.29) is 24.8 Å². The molecule has 2 nitrogen and oxygen atoms in total. The molecule has 0 saturated heterocycles. The van der Waals surface area contributed by atoms with Crippen molar-refractivity contribution in [3.8, 4) is 0 Å². The molecule has 0 fully saturated rings. The van der Waals surface area contributed by atoms with E-state index in [9.17, 15) is 0 Å². The largest absolute Gasteiger partial charge is 0.0623 e. The summed E-state index contributed by atoms with van der Waals surface area (Å²) in [5, 5.41) is 0. The van der Waals surface area contributed by atoms with E-state index in [0.717, 1.165) is 0 Å². The minimum atomic E-state index is -1.08. The molecule has 62 valence electrons. The molecule has 1 rings (SSSR count). The topological polar surface area (TPSA) is 34.1 Å². The summed E-state index contributed by atoms with van der Waals surface area (Å²) in [4.78, 5) is 0. The summed E-state index contributed by atoms with van der Waals surface area (Å²) >= 11 is 0. The summed E-state index contributed by atoms with van der Waals surface area (Å²) < 4.78 is 16.7. The molecule has 0 bridgehead atoms. The van der Waals surface area contributed by atoms with Gasteiger partial charge in [0.1, 0.15) is 0 Å². The molecule has 1 aromatic carbocycles. The third-order valence-electron chi connectivity index (χ3n) is 0.667. The standard InChI is InChI=1S/C6H6.2ClH.O2P/c1-2-4-6-5-3-1;;;1-3-2/h1-6H;2*1H;/q;;;+1. The van der Waals surface area contributed by atoms with Crippen LogP contribution in [0.15, 0.2) is 36.4 Å². The van der Waals surface area contributed by atoms with Gasteiger partial charge in [0, 0.05) is 0 Å². The van der Waals surface area contributed by atoms with Crippen LogP contribution in [-0.2, 0) is 9.13 Å². The molecule has 0 atom stereocenters. The van der Waals surface area contributed by atoms with Crippen LogP contribution < -0.4 is 0 Å². The molecule has 0 aliphatic carbocycles. The smallest absolute Gasteiger partial charge is 0.0623 e. The first-order valence-corrected chi connectivity index (χ1v) is 3.10. The second-order valence-corrected chi connectivity index (χ2v) is 1.38. The van der Waals surface area contributed by atoms with Gasteiger partial charge in [-0.1, -0.05) is 36.4 Å². The van der Waals surface area contributed by atoms with Gasteiger partial charge in [0.15, 0.2) is 0 Å². The minimum Gasteiger partial charge on any atom is -0.0623 e. The van der Waals surface area contributed by atoms with Gasteiger partial charge in [0.25, 0.3) is 0 Å². The molecular weight excluding hydrogens is 206 g/mol. The Morgan fingerprint density at radius 1 is 0.636 bits per heavy atom. The number of hydrogen-bond donors (Lipinski definition) is 0. The first-order chi connectivity index (χ1) is 4.41. The van der Waals surface area contributed by atoms with Crippen molar-refractivity contribution < 1.29 is 9.13 Å². The van der Waals surface area contributed by atoms with Crippen molar-refractivity contribution in [3.05, 3.63) is 36.4 Å². The fourth-order valence-corrected chi connectivity index (χ4v) is 0.385. The van der Waals surface area contributed by atoms with Gasteiger partial charge in [0.05, 0.1) is 0 Å². The molecule has 5 heteroatoms. The van der Waals surface area contributed by atoms with Gasteiger partial charge >= 0.3 is 17.5 Å². The SMILES string of the molecule is Cl.Cl.O=[P+]=O.c1ccccc1.